The highest BCUT2D eigenvalue weighted by Crippen LogP contribution is 2.28. The lowest BCUT2D eigenvalue weighted by Crippen LogP contribution is -2.23. The topological polar surface area (TPSA) is 42.7 Å². The highest BCUT2D eigenvalue weighted by atomic mass is 79.9. The van der Waals surface area contributed by atoms with Crippen molar-refractivity contribution in [2.45, 2.75) is 25.9 Å². The zero-order valence-electron chi connectivity index (χ0n) is 10.9. The SMILES string of the molecule is CCCn1ncc(Br)c1C(NC)c1ccc(Cl)cn1. The fraction of sp³-hybridized carbons (Fsp3) is 0.385. The number of pyridine rings is 1. The third kappa shape index (κ3) is 3.16. The molecule has 0 aromatic carbocycles. The number of hydrogen-bond acceptors (Lipinski definition) is 3. The van der Waals surface area contributed by atoms with Crippen molar-refractivity contribution in [1.82, 2.24) is 20.1 Å². The molecule has 2 heterocycles. The highest BCUT2D eigenvalue weighted by Gasteiger charge is 2.21. The maximum absolute atomic E-state index is 5.89. The molecule has 102 valence electrons. The third-order valence-corrected chi connectivity index (χ3v) is 3.71. The van der Waals surface area contributed by atoms with E-state index in [-0.39, 0.29) is 6.04 Å². The molecular weight excluding hydrogens is 328 g/mol. The number of aryl methyl sites for hydroxylation is 1. The van der Waals surface area contributed by atoms with Gasteiger partial charge in [-0.3, -0.25) is 9.67 Å². The van der Waals surface area contributed by atoms with Gasteiger partial charge in [0.2, 0.25) is 0 Å². The molecular formula is C13H16BrClN4. The minimum atomic E-state index is -0.0132. The first-order chi connectivity index (χ1) is 9.17. The summed E-state index contributed by atoms with van der Waals surface area (Å²) in [5.74, 6) is 0. The lowest BCUT2D eigenvalue weighted by molar-refractivity contribution is 0.528. The van der Waals surface area contributed by atoms with Crippen LogP contribution < -0.4 is 5.32 Å². The minimum Gasteiger partial charge on any atom is -0.307 e. The average Bonchev–Trinajstić information content (AvgIpc) is 2.76. The monoisotopic (exact) mass is 342 g/mol. The maximum atomic E-state index is 5.89. The Morgan fingerprint density at radius 1 is 1.42 bits per heavy atom. The highest BCUT2D eigenvalue weighted by molar-refractivity contribution is 9.10. The van der Waals surface area contributed by atoms with Crippen LogP contribution >= 0.6 is 27.5 Å². The van der Waals surface area contributed by atoms with Gasteiger partial charge < -0.3 is 5.32 Å². The molecule has 0 aliphatic carbocycles. The summed E-state index contributed by atoms with van der Waals surface area (Å²) < 4.78 is 2.98. The minimum absolute atomic E-state index is 0.0132. The van der Waals surface area contributed by atoms with Crippen LogP contribution in [0.25, 0.3) is 0 Å². The number of rotatable bonds is 5. The second-order valence-electron chi connectivity index (χ2n) is 4.22. The van der Waals surface area contributed by atoms with Crippen molar-refractivity contribution >= 4 is 27.5 Å². The smallest absolute Gasteiger partial charge is 0.0931 e. The molecule has 2 aromatic heterocycles. The Morgan fingerprint density at radius 3 is 2.79 bits per heavy atom. The summed E-state index contributed by atoms with van der Waals surface area (Å²) >= 11 is 9.45. The Morgan fingerprint density at radius 2 is 2.21 bits per heavy atom. The van der Waals surface area contributed by atoms with Crippen LogP contribution in [0.2, 0.25) is 5.02 Å². The molecule has 0 bridgehead atoms. The summed E-state index contributed by atoms with van der Waals surface area (Å²) in [6.07, 6.45) is 4.52. The van der Waals surface area contributed by atoms with Crippen molar-refractivity contribution in [3.8, 4) is 0 Å². The first-order valence-corrected chi connectivity index (χ1v) is 7.34. The molecule has 0 radical (unpaired) electrons. The molecule has 2 rings (SSSR count). The van der Waals surface area contributed by atoms with E-state index >= 15 is 0 Å². The van der Waals surface area contributed by atoms with Crippen LogP contribution in [0.15, 0.2) is 29.0 Å². The van der Waals surface area contributed by atoms with Gasteiger partial charge in [0.25, 0.3) is 0 Å². The second-order valence-corrected chi connectivity index (χ2v) is 5.51. The second kappa shape index (κ2) is 6.50. The average molecular weight is 344 g/mol. The number of nitrogens with zero attached hydrogens (tertiary/aromatic N) is 3. The van der Waals surface area contributed by atoms with Crippen molar-refractivity contribution in [2.24, 2.45) is 0 Å². The molecule has 2 aromatic rings. The molecule has 6 heteroatoms. The Balaban J connectivity index is 2.41. The Kier molecular flexibility index (Phi) is 4.96. The predicted molar refractivity (Wildman–Crippen MR) is 80.4 cm³/mol. The van der Waals surface area contributed by atoms with Crippen LogP contribution in [0.5, 0.6) is 0 Å². The molecule has 0 aliphatic heterocycles. The number of hydrogen-bond donors (Lipinski definition) is 1. The Labute approximate surface area is 126 Å². The molecule has 1 atom stereocenters. The third-order valence-electron chi connectivity index (χ3n) is 2.88. The molecule has 0 amide bonds. The summed E-state index contributed by atoms with van der Waals surface area (Å²) in [7, 11) is 1.91. The first-order valence-electron chi connectivity index (χ1n) is 6.17. The molecule has 0 saturated heterocycles. The van der Waals surface area contributed by atoms with Crippen molar-refractivity contribution in [1.29, 1.82) is 0 Å². The molecule has 0 fully saturated rings. The predicted octanol–water partition coefficient (Wildman–Crippen LogP) is 3.41. The zero-order chi connectivity index (χ0) is 13.8. The molecule has 0 spiro atoms. The van der Waals surface area contributed by atoms with E-state index in [0.29, 0.717) is 5.02 Å². The number of aromatic nitrogens is 3. The fourth-order valence-corrected chi connectivity index (χ4v) is 2.67. The summed E-state index contributed by atoms with van der Waals surface area (Å²) in [6, 6.07) is 3.77. The molecule has 1 unspecified atom stereocenters. The number of halogens is 2. The first kappa shape index (κ1) is 14.5. The van der Waals surface area contributed by atoms with Crippen LogP contribution in [0.3, 0.4) is 0 Å². The summed E-state index contributed by atoms with van der Waals surface area (Å²) in [5, 5.41) is 8.32. The van der Waals surface area contributed by atoms with Gasteiger partial charge in [-0.2, -0.15) is 5.10 Å². The Hall–Kier alpha value is -0.910. The lowest BCUT2D eigenvalue weighted by atomic mass is 10.1. The molecule has 1 N–H and O–H groups in total. The molecule has 4 nitrogen and oxygen atoms in total. The molecule has 19 heavy (non-hydrogen) atoms. The molecule has 0 saturated carbocycles. The van der Waals surface area contributed by atoms with E-state index in [2.05, 4.69) is 38.3 Å². The van der Waals surface area contributed by atoms with Crippen LogP contribution in [0.4, 0.5) is 0 Å². The van der Waals surface area contributed by atoms with Gasteiger partial charge in [0.1, 0.15) is 0 Å². The van der Waals surface area contributed by atoms with Gasteiger partial charge in [-0.1, -0.05) is 18.5 Å². The van der Waals surface area contributed by atoms with Gasteiger partial charge >= 0.3 is 0 Å². The largest absolute Gasteiger partial charge is 0.307 e. The van der Waals surface area contributed by atoms with Crippen LogP contribution in [-0.4, -0.2) is 21.8 Å². The zero-order valence-corrected chi connectivity index (χ0v) is 13.2. The normalized spacial score (nSPS) is 12.6. The van der Waals surface area contributed by atoms with Crippen molar-refractivity contribution < 1.29 is 0 Å². The van der Waals surface area contributed by atoms with Crippen LogP contribution in [0, 0.1) is 0 Å². The van der Waals surface area contributed by atoms with E-state index in [0.717, 1.165) is 28.8 Å². The maximum Gasteiger partial charge on any atom is 0.0931 e. The van der Waals surface area contributed by atoms with E-state index in [1.54, 1.807) is 6.20 Å². The van der Waals surface area contributed by atoms with Gasteiger partial charge in [-0.05, 0) is 41.5 Å². The van der Waals surface area contributed by atoms with E-state index in [4.69, 9.17) is 11.6 Å². The van der Waals surface area contributed by atoms with E-state index < -0.39 is 0 Å². The summed E-state index contributed by atoms with van der Waals surface area (Å²) in [4.78, 5) is 4.39. The van der Waals surface area contributed by atoms with Gasteiger partial charge in [-0.15, -0.1) is 0 Å². The van der Waals surface area contributed by atoms with Crippen molar-refractivity contribution in [3.05, 3.63) is 45.4 Å². The summed E-state index contributed by atoms with van der Waals surface area (Å²) in [5.41, 5.74) is 2.00. The van der Waals surface area contributed by atoms with Crippen LogP contribution in [0.1, 0.15) is 30.8 Å². The van der Waals surface area contributed by atoms with Gasteiger partial charge in [0, 0.05) is 12.7 Å². The van der Waals surface area contributed by atoms with Gasteiger partial charge in [0.15, 0.2) is 0 Å². The van der Waals surface area contributed by atoms with E-state index in [9.17, 15) is 0 Å². The van der Waals surface area contributed by atoms with Crippen LogP contribution in [-0.2, 0) is 6.54 Å². The quantitative estimate of drug-likeness (QED) is 0.904. The van der Waals surface area contributed by atoms with Crippen molar-refractivity contribution in [2.75, 3.05) is 7.05 Å². The van der Waals surface area contributed by atoms with E-state index in [1.807, 2.05) is 30.1 Å². The standard InChI is InChI=1S/C13H16BrClN4/c1-3-6-19-13(10(14)8-18-19)12(16-2)11-5-4-9(15)7-17-11/h4-5,7-8,12,16H,3,6H2,1-2H3. The van der Waals surface area contributed by atoms with Crippen molar-refractivity contribution in [3.63, 3.8) is 0 Å². The summed E-state index contributed by atoms with van der Waals surface area (Å²) in [6.45, 7) is 3.01. The molecule has 0 aliphatic rings. The van der Waals surface area contributed by atoms with Gasteiger partial charge in [-0.25, -0.2) is 0 Å². The Bertz CT molecular complexity index is 538. The van der Waals surface area contributed by atoms with E-state index in [1.165, 1.54) is 0 Å². The lowest BCUT2D eigenvalue weighted by Gasteiger charge is -2.18. The fourth-order valence-electron chi connectivity index (χ4n) is 2.03. The number of nitrogens with one attached hydrogen (secondary N) is 1. The van der Waals surface area contributed by atoms with Gasteiger partial charge in [0.05, 0.1) is 33.1 Å².